The molecule has 0 saturated carbocycles. The summed E-state index contributed by atoms with van der Waals surface area (Å²) in [6.07, 6.45) is 15.8. The summed E-state index contributed by atoms with van der Waals surface area (Å²) in [6, 6.07) is 80.4. The molecule has 0 saturated heterocycles. The van der Waals surface area contributed by atoms with Crippen LogP contribution in [0.4, 0.5) is 0 Å². The predicted octanol–water partition coefficient (Wildman–Crippen LogP) is 19.6. The van der Waals surface area contributed by atoms with Crippen LogP contribution in [0, 0.1) is 0 Å². The van der Waals surface area contributed by atoms with Crippen LogP contribution in [0.25, 0.3) is 105 Å². The van der Waals surface area contributed by atoms with E-state index < -0.39 is 15.8 Å². The minimum atomic E-state index is -0.685. The third kappa shape index (κ3) is 9.19. The lowest BCUT2D eigenvalue weighted by Gasteiger charge is -2.22. The Bertz CT molecular complexity index is 4650. The van der Waals surface area contributed by atoms with Crippen molar-refractivity contribution in [3.63, 3.8) is 0 Å². The van der Waals surface area contributed by atoms with Gasteiger partial charge in [0.15, 0.2) is 0 Å². The van der Waals surface area contributed by atoms with Crippen molar-refractivity contribution < 1.29 is 17.7 Å². The molecule has 386 valence electrons. The molecule has 0 spiro atoms. The summed E-state index contributed by atoms with van der Waals surface area (Å²) in [7, 11) is -1.32. The Morgan fingerprint density at radius 1 is 0.300 bits per heavy atom. The number of rotatable bonds is 8. The van der Waals surface area contributed by atoms with Crippen molar-refractivity contribution in [2.45, 2.75) is 39.5 Å². The minimum Gasteiger partial charge on any atom is -0.460 e. The van der Waals surface area contributed by atoms with Crippen molar-refractivity contribution in [3.8, 4) is 22.3 Å². The van der Waals surface area contributed by atoms with Gasteiger partial charge >= 0.3 is 0 Å². The summed E-state index contributed by atoms with van der Waals surface area (Å²) >= 11 is 0. The van der Waals surface area contributed by atoms with Crippen LogP contribution >= 0.6 is 15.8 Å². The Balaban J connectivity index is 0.000000140. The number of hydrogen-bond acceptors (Lipinski definition) is 4. The fourth-order valence-corrected chi connectivity index (χ4v) is 16.3. The highest BCUT2D eigenvalue weighted by molar-refractivity contribution is 7.79. The van der Waals surface area contributed by atoms with Gasteiger partial charge in [-0.1, -0.05) is 190 Å². The van der Waals surface area contributed by atoms with E-state index in [1.807, 2.05) is 26.0 Å². The Morgan fingerprint density at radius 3 is 1.21 bits per heavy atom. The number of furan rings is 4. The van der Waals surface area contributed by atoms with E-state index in [0.717, 1.165) is 97.5 Å². The van der Waals surface area contributed by atoms with Gasteiger partial charge < -0.3 is 17.7 Å². The van der Waals surface area contributed by atoms with Gasteiger partial charge in [0.05, 0.1) is 0 Å². The van der Waals surface area contributed by atoms with Gasteiger partial charge in [0.2, 0.25) is 0 Å². The standard InChI is InChI=1S/2C36H25O2P.C2H6/c2*1-3-9-26(10-4-1)39(27-11-5-2-6-12-27)28-17-20-36-32(23-28)31-22-25(16-19-35(31)38-36)24-15-18-34-30(21-24)29-13-7-8-14-33(29)37-34;1-2/h1,3-5,7-23H,2,6H2;1-7,9-13,15-23H,8,14H2;1-2H3. The number of benzene rings is 10. The molecular formula is C74H56O4P2. The molecule has 80 heavy (non-hydrogen) atoms. The summed E-state index contributed by atoms with van der Waals surface area (Å²) in [5.41, 5.74) is 12.4. The molecule has 4 aromatic heterocycles. The van der Waals surface area contributed by atoms with Crippen LogP contribution in [0.2, 0.25) is 0 Å². The maximum atomic E-state index is 6.31. The van der Waals surface area contributed by atoms with Crippen LogP contribution in [0.1, 0.15) is 44.4 Å². The van der Waals surface area contributed by atoms with E-state index in [1.165, 1.54) is 70.4 Å². The highest BCUT2D eigenvalue weighted by Gasteiger charge is 2.22. The SMILES string of the molecule is C1=CC(P(c2ccccc2)c2ccc3oc4ccc(-c5ccc6oc7ccccc7c6c5)cc4c3c2)=CCC1.C1=Cc2c(oc3ccc(-c4ccc5oc6ccc(P(c7ccccc7)c7ccccc7)cc6c5c4)cc23)CC1.CC. The lowest BCUT2D eigenvalue weighted by molar-refractivity contribution is 0.546. The fourth-order valence-electron chi connectivity index (χ4n) is 11.6. The molecule has 0 bridgehead atoms. The first-order valence-electron chi connectivity index (χ1n) is 27.8. The van der Waals surface area contributed by atoms with E-state index in [9.17, 15) is 0 Å². The molecule has 0 radical (unpaired) electrons. The lowest BCUT2D eigenvalue weighted by Crippen LogP contribution is -2.20. The first-order chi connectivity index (χ1) is 39.6. The number of aryl methyl sites for hydroxylation is 1. The summed E-state index contributed by atoms with van der Waals surface area (Å²) in [4.78, 5) is 0. The third-order valence-corrected chi connectivity index (χ3v) is 20.2. The van der Waals surface area contributed by atoms with Crippen molar-refractivity contribution in [1.29, 1.82) is 0 Å². The monoisotopic (exact) mass is 1070 g/mol. The van der Waals surface area contributed by atoms with Crippen molar-refractivity contribution in [2.24, 2.45) is 0 Å². The molecule has 2 aliphatic rings. The number of allylic oxidation sites excluding steroid dienone is 5. The van der Waals surface area contributed by atoms with Gasteiger partial charge in [0.1, 0.15) is 44.8 Å². The molecule has 0 aliphatic heterocycles. The van der Waals surface area contributed by atoms with Crippen molar-refractivity contribution >= 4 is 125 Å². The van der Waals surface area contributed by atoms with Crippen LogP contribution in [0.15, 0.2) is 272 Å². The predicted molar refractivity (Wildman–Crippen MR) is 342 cm³/mol. The molecular weight excluding hydrogens is 1010 g/mol. The molecule has 0 fully saturated rings. The highest BCUT2D eigenvalue weighted by atomic mass is 31.1. The maximum absolute atomic E-state index is 6.31. The first kappa shape index (κ1) is 49.5. The normalized spacial score (nSPS) is 13.5. The number of hydrogen-bond donors (Lipinski definition) is 0. The van der Waals surface area contributed by atoms with E-state index in [-0.39, 0.29) is 0 Å². The molecule has 4 heterocycles. The smallest absolute Gasteiger partial charge is 0.135 e. The molecule has 16 rings (SSSR count). The largest absolute Gasteiger partial charge is 0.460 e. The van der Waals surface area contributed by atoms with Gasteiger partial charge in [-0.15, -0.1) is 0 Å². The lowest BCUT2D eigenvalue weighted by atomic mass is 9.98. The van der Waals surface area contributed by atoms with Gasteiger partial charge in [0, 0.05) is 49.7 Å². The second-order valence-electron chi connectivity index (χ2n) is 20.2. The van der Waals surface area contributed by atoms with Crippen LogP contribution in [-0.4, -0.2) is 0 Å². The molecule has 2 aliphatic carbocycles. The van der Waals surface area contributed by atoms with E-state index in [0.29, 0.717) is 0 Å². The number of fused-ring (bicyclic) bond motifs is 12. The summed E-state index contributed by atoms with van der Waals surface area (Å²) in [6.45, 7) is 4.00. The second-order valence-corrected chi connectivity index (χ2v) is 24.6. The Morgan fingerprint density at radius 2 is 0.700 bits per heavy atom. The molecule has 10 aromatic carbocycles. The molecule has 0 N–H and O–H groups in total. The number of para-hydroxylation sites is 1. The zero-order valence-corrected chi connectivity index (χ0v) is 46.4. The molecule has 4 nitrogen and oxygen atoms in total. The van der Waals surface area contributed by atoms with Crippen LogP contribution in [0.5, 0.6) is 0 Å². The third-order valence-electron chi connectivity index (χ3n) is 15.4. The van der Waals surface area contributed by atoms with E-state index >= 15 is 0 Å². The van der Waals surface area contributed by atoms with Crippen LogP contribution in [-0.2, 0) is 6.42 Å². The molecule has 0 amide bonds. The van der Waals surface area contributed by atoms with Crippen molar-refractivity contribution in [1.82, 2.24) is 0 Å². The zero-order chi connectivity index (χ0) is 53.5. The molecule has 1 unspecified atom stereocenters. The molecule has 14 aromatic rings. The Labute approximate surface area is 467 Å². The van der Waals surface area contributed by atoms with Gasteiger partial charge in [-0.3, -0.25) is 0 Å². The van der Waals surface area contributed by atoms with E-state index in [4.69, 9.17) is 17.7 Å². The fraction of sp³-hybridized carbons (Fsp3) is 0.0811. The maximum Gasteiger partial charge on any atom is 0.135 e. The summed E-state index contributed by atoms with van der Waals surface area (Å²) in [5, 5.41) is 16.3. The molecule has 1 atom stereocenters. The average molecular weight is 1070 g/mol. The minimum absolute atomic E-state index is 0.639. The van der Waals surface area contributed by atoms with Gasteiger partial charge in [-0.2, -0.15) is 0 Å². The molecule has 6 heteroatoms. The Hall–Kier alpha value is -8.78. The highest BCUT2D eigenvalue weighted by Crippen LogP contribution is 2.47. The quantitative estimate of drug-likeness (QED) is 0.142. The first-order valence-corrected chi connectivity index (χ1v) is 30.5. The topological polar surface area (TPSA) is 52.6 Å². The summed E-state index contributed by atoms with van der Waals surface area (Å²) < 4.78 is 24.8. The Kier molecular flexibility index (Phi) is 13.3. The van der Waals surface area contributed by atoms with Crippen molar-refractivity contribution in [2.75, 3.05) is 0 Å². The van der Waals surface area contributed by atoms with Crippen LogP contribution < -0.4 is 26.5 Å². The summed E-state index contributed by atoms with van der Waals surface area (Å²) in [5.74, 6) is 1.10. The van der Waals surface area contributed by atoms with E-state index in [2.05, 4.69) is 243 Å². The van der Waals surface area contributed by atoms with Gasteiger partial charge in [-0.05, 0) is 168 Å². The van der Waals surface area contributed by atoms with Crippen LogP contribution in [0.3, 0.4) is 0 Å². The van der Waals surface area contributed by atoms with Crippen molar-refractivity contribution in [3.05, 3.63) is 265 Å². The second kappa shape index (κ2) is 21.5. The van der Waals surface area contributed by atoms with Gasteiger partial charge in [-0.25, -0.2) is 0 Å². The van der Waals surface area contributed by atoms with Gasteiger partial charge in [0.25, 0.3) is 0 Å². The average Bonchev–Trinajstić information content (AvgIpc) is 4.43. The zero-order valence-electron chi connectivity index (χ0n) is 44.6. The van der Waals surface area contributed by atoms with E-state index in [1.54, 1.807) is 0 Å².